The third-order valence-electron chi connectivity index (χ3n) is 3.00. The zero-order valence-electron chi connectivity index (χ0n) is 11.6. The zero-order valence-corrected chi connectivity index (χ0v) is 14.0. The number of ether oxygens (including phenoxy) is 1. The minimum absolute atomic E-state index is 0.228. The van der Waals surface area contributed by atoms with Crippen LogP contribution in [-0.2, 0) is 13.2 Å². The van der Waals surface area contributed by atoms with E-state index in [0.29, 0.717) is 11.6 Å². The van der Waals surface area contributed by atoms with E-state index in [4.69, 9.17) is 16.3 Å². The molecule has 0 fully saturated rings. The molecular formula is C16H16BrClFNO. The summed E-state index contributed by atoms with van der Waals surface area (Å²) in [6.07, 6.45) is 0. The average Bonchev–Trinajstić information content (AvgIpc) is 2.45. The Kier molecular flexibility index (Phi) is 6.03. The second kappa shape index (κ2) is 7.78. The fourth-order valence-electron chi connectivity index (χ4n) is 1.90. The average molecular weight is 373 g/mol. The van der Waals surface area contributed by atoms with Gasteiger partial charge >= 0.3 is 0 Å². The molecule has 2 nitrogen and oxygen atoms in total. The standard InChI is InChI=1S/C16H16BrClFNO/c1-2-20-9-11-4-3-5-15(19)16(11)21-10-12-6-7-13(17)8-14(12)18/h3-8,20H,2,9-10H2,1H3. The molecule has 0 aliphatic carbocycles. The van der Waals surface area contributed by atoms with Crippen LogP contribution < -0.4 is 10.1 Å². The fourth-order valence-corrected chi connectivity index (χ4v) is 2.63. The van der Waals surface area contributed by atoms with E-state index < -0.39 is 0 Å². The summed E-state index contributed by atoms with van der Waals surface area (Å²) in [6, 6.07) is 10.5. The summed E-state index contributed by atoms with van der Waals surface area (Å²) in [6.45, 7) is 3.61. The van der Waals surface area contributed by atoms with E-state index in [-0.39, 0.29) is 18.2 Å². The van der Waals surface area contributed by atoms with Gasteiger partial charge in [0.2, 0.25) is 0 Å². The van der Waals surface area contributed by atoms with Crippen LogP contribution in [0, 0.1) is 5.82 Å². The summed E-state index contributed by atoms with van der Waals surface area (Å²) < 4.78 is 20.5. The van der Waals surface area contributed by atoms with Crippen molar-refractivity contribution in [3.63, 3.8) is 0 Å². The van der Waals surface area contributed by atoms with Crippen LogP contribution in [0.5, 0.6) is 5.75 Å². The van der Waals surface area contributed by atoms with Gasteiger partial charge in [-0.3, -0.25) is 0 Å². The number of halogens is 3. The molecule has 0 bridgehead atoms. The van der Waals surface area contributed by atoms with E-state index >= 15 is 0 Å². The minimum atomic E-state index is -0.362. The normalized spacial score (nSPS) is 10.7. The van der Waals surface area contributed by atoms with Gasteiger partial charge in [0.15, 0.2) is 11.6 Å². The molecule has 0 aromatic heterocycles. The van der Waals surface area contributed by atoms with Crippen LogP contribution in [0.4, 0.5) is 4.39 Å². The SMILES string of the molecule is CCNCc1cccc(F)c1OCc1ccc(Br)cc1Cl. The van der Waals surface area contributed by atoms with Crippen LogP contribution in [0.1, 0.15) is 18.1 Å². The van der Waals surface area contributed by atoms with Crippen molar-refractivity contribution in [2.24, 2.45) is 0 Å². The highest BCUT2D eigenvalue weighted by atomic mass is 79.9. The van der Waals surface area contributed by atoms with Crippen molar-refractivity contribution >= 4 is 27.5 Å². The second-order valence-electron chi connectivity index (χ2n) is 4.53. The van der Waals surface area contributed by atoms with E-state index in [0.717, 1.165) is 22.1 Å². The van der Waals surface area contributed by atoms with Gasteiger partial charge in [-0.25, -0.2) is 4.39 Å². The molecule has 112 valence electrons. The van der Waals surface area contributed by atoms with Gasteiger partial charge in [-0.2, -0.15) is 0 Å². The first-order chi connectivity index (χ1) is 10.1. The number of rotatable bonds is 6. The minimum Gasteiger partial charge on any atom is -0.485 e. The Morgan fingerprint density at radius 1 is 1.24 bits per heavy atom. The molecule has 0 aliphatic rings. The molecule has 0 radical (unpaired) electrons. The van der Waals surface area contributed by atoms with Gasteiger partial charge in [-0.1, -0.05) is 52.7 Å². The summed E-state index contributed by atoms with van der Waals surface area (Å²) in [4.78, 5) is 0. The van der Waals surface area contributed by atoms with Gasteiger partial charge in [0.1, 0.15) is 6.61 Å². The molecule has 0 aliphatic heterocycles. The summed E-state index contributed by atoms with van der Waals surface area (Å²) >= 11 is 9.49. The van der Waals surface area contributed by atoms with Crippen molar-refractivity contribution in [3.8, 4) is 5.75 Å². The lowest BCUT2D eigenvalue weighted by Gasteiger charge is -2.13. The monoisotopic (exact) mass is 371 g/mol. The van der Waals surface area contributed by atoms with Crippen molar-refractivity contribution in [3.05, 3.63) is 62.8 Å². The van der Waals surface area contributed by atoms with Crippen molar-refractivity contribution < 1.29 is 9.13 Å². The van der Waals surface area contributed by atoms with Crippen molar-refractivity contribution in [2.45, 2.75) is 20.1 Å². The summed E-state index contributed by atoms with van der Waals surface area (Å²) in [5.41, 5.74) is 1.61. The first-order valence-electron chi connectivity index (χ1n) is 6.66. The van der Waals surface area contributed by atoms with Crippen molar-refractivity contribution in [1.82, 2.24) is 5.32 Å². The van der Waals surface area contributed by atoms with E-state index in [9.17, 15) is 4.39 Å². The van der Waals surface area contributed by atoms with E-state index in [2.05, 4.69) is 21.2 Å². The highest BCUT2D eigenvalue weighted by Crippen LogP contribution is 2.26. The molecule has 0 atom stereocenters. The lowest BCUT2D eigenvalue weighted by Crippen LogP contribution is -2.13. The van der Waals surface area contributed by atoms with Crippen LogP contribution >= 0.6 is 27.5 Å². The first-order valence-corrected chi connectivity index (χ1v) is 7.83. The maximum atomic E-state index is 14.0. The van der Waals surface area contributed by atoms with E-state index in [1.54, 1.807) is 12.1 Å². The van der Waals surface area contributed by atoms with Gasteiger partial charge in [-0.15, -0.1) is 0 Å². The lowest BCUT2D eigenvalue weighted by atomic mass is 10.2. The third kappa shape index (κ3) is 4.43. The zero-order chi connectivity index (χ0) is 15.2. The molecule has 2 aromatic carbocycles. The van der Waals surface area contributed by atoms with Gasteiger partial charge in [0, 0.05) is 27.2 Å². The van der Waals surface area contributed by atoms with Crippen LogP contribution in [0.3, 0.4) is 0 Å². The van der Waals surface area contributed by atoms with Gasteiger partial charge in [0.25, 0.3) is 0 Å². The Balaban J connectivity index is 2.15. The highest BCUT2D eigenvalue weighted by Gasteiger charge is 2.11. The molecule has 0 spiro atoms. The molecule has 0 amide bonds. The Hall–Kier alpha value is -1.10. The number of nitrogens with one attached hydrogen (secondary N) is 1. The molecule has 1 N–H and O–H groups in total. The first kappa shape index (κ1) is 16.3. The highest BCUT2D eigenvalue weighted by molar-refractivity contribution is 9.10. The lowest BCUT2D eigenvalue weighted by molar-refractivity contribution is 0.286. The quantitative estimate of drug-likeness (QED) is 0.776. The molecule has 2 rings (SSSR count). The number of hydrogen-bond acceptors (Lipinski definition) is 2. The molecule has 0 unspecified atom stereocenters. The van der Waals surface area contributed by atoms with Gasteiger partial charge in [-0.05, 0) is 24.7 Å². The maximum Gasteiger partial charge on any atom is 0.165 e. The molecular weight excluding hydrogens is 357 g/mol. The van der Waals surface area contributed by atoms with E-state index in [1.165, 1.54) is 6.07 Å². The molecule has 2 aromatic rings. The van der Waals surface area contributed by atoms with Gasteiger partial charge < -0.3 is 10.1 Å². The summed E-state index contributed by atoms with van der Waals surface area (Å²) in [5, 5.41) is 3.76. The third-order valence-corrected chi connectivity index (χ3v) is 3.85. The largest absolute Gasteiger partial charge is 0.485 e. The van der Waals surface area contributed by atoms with Crippen molar-refractivity contribution in [1.29, 1.82) is 0 Å². The Morgan fingerprint density at radius 3 is 2.76 bits per heavy atom. The maximum absolute atomic E-state index is 14.0. The molecule has 0 heterocycles. The fraction of sp³-hybridized carbons (Fsp3) is 0.250. The van der Waals surface area contributed by atoms with Crippen LogP contribution in [0.2, 0.25) is 5.02 Å². The summed E-state index contributed by atoms with van der Waals surface area (Å²) in [5.74, 6) is -0.0870. The Bertz CT molecular complexity index is 621. The Morgan fingerprint density at radius 2 is 2.05 bits per heavy atom. The van der Waals surface area contributed by atoms with Gasteiger partial charge in [0.05, 0.1) is 0 Å². The molecule has 0 saturated heterocycles. The predicted octanol–water partition coefficient (Wildman–Crippen LogP) is 4.93. The van der Waals surface area contributed by atoms with Crippen molar-refractivity contribution in [2.75, 3.05) is 6.54 Å². The predicted molar refractivity (Wildman–Crippen MR) is 87.3 cm³/mol. The second-order valence-corrected chi connectivity index (χ2v) is 5.86. The topological polar surface area (TPSA) is 21.3 Å². The van der Waals surface area contributed by atoms with Crippen LogP contribution in [-0.4, -0.2) is 6.54 Å². The molecule has 0 saturated carbocycles. The Labute approximate surface area is 137 Å². The summed E-state index contributed by atoms with van der Waals surface area (Å²) in [7, 11) is 0. The number of para-hydroxylation sites is 1. The smallest absolute Gasteiger partial charge is 0.165 e. The van der Waals surface area contributed by atoms with Crippen LogP contribution in [0.25, 0.3) is 0 Å². The number of benzene rings is 2. The number of hydrogen-bond donors (Lipinski definition) is 1. The van der Waals surface area contributed by atoms with Crippen LogP contribution in [0.15, 0.2) is 40.9 Å². The van der Waals surface area contributed by atoms with E-state index in [1.807, 2.05) is 25.1 Å². The molecule has 5 heteroatoms. The molecule has 21 heavy (non-hydrogen) atoms.